The summed E-state index contributed by atoms with van der Waals surface area (Å²) in [7, 11) is 0. The first kappa shape index (κ1) is 13.0. The third-order valence-corrected chi connectivity index (χ3v) is 1.51. The summed E-state index contributed by atoms with van der Waals surface area (Å²) in [5.41, 5.74) is 5.04. The lowest BCUT2D eigenvalue weighted by molar-refractivity contribution is -0.149. The van der Waals surface area contributed by atoms with Crippen molar-refractivity contribution in [2.45, 2.75) is 26.1 Å². The standard InChI is InChI=1S/C8H8F3N.C2H6/c9-8(10,11)7(12)6-4-2-1-3-5-6;1-2/h1-5,7H,12H2;1-2H3. The Morgan fingerprint density at radius 2 is 1.50 bits per heavy atom. The number of hydrogen-bond donors (Lipinski definition) is 1. The highest BCUT2D eigenvalue weighted by molar-refractivity contribution is 5.19. The molecule has 4 heteroatoms. The van der Waals surface area contributed by atoms with Crippen LogP contribution in [-0.2, 0) is 0 Å². The van der Waals surface area contributed by atoms with Crippen molar-refractivity contribution in [2.75, 3.05) is 0 Å². The van der Waals surface area contributed by atoms with Crippen molar-refractivity contribution in [3.05, 3.63) is 35.9 Å². The van der Waals surface area contributed by atoms with E-state index in [0.29, 0.717) is 0 Å². The fourth-order valence-electron chi connectivity index (χ4n) is 0.849. The molecule has 80 valence electrons. The van der Waals surface area contributed by atoms with E-state index in [1.165, 1.54) is 24.3 Å². The highest BCUT2D eigenvalue weighted by Gasteiger charge is 2.37. The summed E-state index contributed by atoms with van der Waals surface area (Å²) >= 11 is 0. The van der Waals surface area contributed by atoms with E-state index in [1.807, 2.05) is 13.8 Å². The molecule has 0 aromatic heterocycles. The highest BCUT2D eigenvalue weighted by atomic mass is 19.4. The normalized spacial score (nSPS) is 12.7. The van der Waals surface area contributed by atoms with Crippen molar-refractivity contribution in [3.63, 3.8) is 0 Å². The number of nitrogens with two attached hydrogens (primary N) is 1. The van der Waals surface area contributed by atoms with Gasteiger partial charge in [-0.05, 0) is 5.56 Å². The molecule has 1 atom stereocenters. The van der Waals surface area contributed by atoms with Gasteiger partial charge in [-0.25, -0.2) is 0 Å². The van der Waals surface area contributed by atoms with Gasteiger partial charge >= 0.3 is 6.18 Å². The minimum atomic E-state index is -4.36. The molecule has 0 radical (unpaired) electrons. The lowest BCUT2D eigenvalue weighted by Crippen LogP contribution is -2.28. The molecule has 0 fully saturated rings. The number of halogens is 3. The van der Waals surface area contributed by atoms with Crippen molar-refractivity contribution >= 4 is 0 Å². The van der Waals surface area contributed by atoms with E-state index >= 15 is 0 Å². The van der Waals surface area contributed by atoms with E-state index < -0.39 is 12.2 Å². The molecule has 0 spiro atoms. The fourth-order valence-corrected chi connectivity index (χ4v) is 0.849. The Morgan fingerprint density at radius 3 is 1.86 bits per heavy atom. The summed E-state index contributed by atoms with van der Waals surface area (Å²) in [6.45, 7) is 4.00. The van der Waals surface area contributed by atoms with Gasteiger partial charge in [0.1, 0.15) is 6.04 Å². The first-order valence-corrected chi connectivity index (χ1v) is 4.39. The lowest BCUT2D eigenvalue weighted by atomic mass is 10.1. The first-order chi connectivity index (χ1) is 6.52. The van der Waals surface area contributed by atoms with Gasteiger partial charge in [0.2, 0.25) is 0 Å². The molecule has 0 saturated carbocycles. The molecule has 0 aliphatic rings. The summed E-state index contributed by atoms with van der Waals surface area (Å²) in [5, 5.41) is 0. The minimum Gasteiger partial charge on any atom is -0.316 e. The van der Waals surface area contributed by atoms with Gasteiger partial charge in [-0.2, -0.15) is 13.2 Å². The van der Waals surface area contributed by atoms with E-state index in [4.69, 9.17) is 5.73 Å². The smallest absolute Gasteiger partial charge is 0.316 e. The van der Waals surface area contributed by atoms with Crippen LogP contribution in [0.15, 0.2) is 30.3 Å². The van der Waals surface area contributed by atoms with Gasteiger partial charge in [-0.3, -0.25) is 0 Å². The van der Waals surface area contributed by atoms with Crippen LogP contribution in [0.5, 0.6) is 0 Å². The monoisotopic (exact) mass is 205 g/mol. The molecule has 0 saturated heterocycles. The van der Waals surface area contributed by atoms with Gasteiger partial charge in [0, 0.05) is 0 Å². The molecule has 0 aliphatic carbocycles. The first-order valence-electron chi connectivity index (χ1n) is 4.39. The second-order valence-corrected chi connectivity index (χ2v) is 2.43. The number of hydrogen-bond acceptors (Lipinski definition) is 1. The molecule has 0 amide bonds. The van der Waals surface area contributed by atoms with Crippen molar-refractivity contribution in [1.29, 1.82) is 0 Å². The Kier molecular flexibility index (Phi) is 5.23. The molecular formula is C10H14F3N. The molecule has 14 heavy (non-hydrogen) atoms. The summed E-state index contributed by atoms with van der Waals surface area (Å²) in [4.78, 5) is 0. The number of alkyl halides is 3. The molecule has 1 aromatic carbocycles. The van der Waals surface area contributed by atoms with Gasteiger partial charge in [0.05, 0.1) is 0 Å². The van der Waals surface area contributed by atoms with Crippen LogP contribution >= 0.6 is 0 Å². The van der Waals surface area contributed by atoms with Gasteiger partial charge in [-0.1, -0.05) is 44.2 Å². The van der Waals surface area contributed by atoms with Crippen LogP contribution in [-0.4, -0.2) is 6.18 Å². The molecule has 1 aromatic rings. The van der Waals surface area contributed by atoms with Gasteiger partial charge < -0.3 is 5.73 Å². The third-order valence-electron chi connectivity index (χ3n) is 1.51. The fraction of sp³-hybridized carbons (Fsp3) is 0.400. The SMILES string of the molecule is CC.NC(c1ccccc1)C(F)(F)F. The maximum absolute atomic E-state index is 12.0. The minimum absolute atomic E-state index is 0.0880. The molecule has 2 N–H and O–H groups in total. The molecule has 0 bridgehead atoms. The van der Waals surface area contributed by atoms with Crippen LogP contribution in [0.1, 0.15) is 25.5 Å². The molecule has 1 unspecified atom stereocenters. The molecule has 1 nitrogen and oxygen atoms in total. The predicted molar refractivity (Wildman–Crippen MR) is 50.8 cm³/mol. The average Bonchev–Trinajstić information content (AvgIpc) is 2.20. The van der Waals surface area contributed by atoms with Crippen LogP contribution in [0.4, 0.5) is 13.2 Å². The lowest BCUT2D eigenvalue weighted by Gasteiger charge is -2.15. The Balaban J connectivity index is 0.000000791. The number of rotatable bonds is 1. The van der Waals surface area contributed by atoms with E-state index in [1.54, 1.807) is 6.07 Å². The Bertz CT molecular complexity index is 243. The quantitative estimate of drug-likeness (QED) is 0.748. The van der Waals surface area contributed by atoms with Crippen molar-refractivity contribution in [3.8, 4) is 0 Å². The highest BCUT2D eigenvalue weighted by Crippen LogP contribution is 2.29. The van der Waals surface area contributed by atoms with Crippen LogP contribution in [0.3, 0.4) is 0 Å². The van der Waals surface area contributed by atoms with Gasteiger partial charge in [0.25, 0.3) is 0 Å². The topological polar surface area (TPSA) is 26.0 Å². The van der Waals surface area contributed by atoms with E-state index in [-0.39, 0.29) is 5.56 Å². The molecular weight excluding hydrogens is 191 g/mol. The van der Waals surface area contributed by atoms with E-state index in [0.717, 1.165) is 0 Å². The molecule has 0 heterocycles. The van der Waals surface area contributed by atoms with Crippen molar-refractivity contribution in [2.24, 2.45) is 5.73 Å². The maximum Gasteiger partial charge on any atom is 0.407 e. The van der Waals surface area contributed by atoms with Crippen molar-refractivity contribution in [1.82, 2.24) is 0 Å². The Morgan fingerprint density at radius 1 is 1.07 bits per heavy atom. The largest absolute Gasteiger partial charge is 0.407 e. The maximum atomic E-state index is 12.0. The van der Waals surface area contributed by atoms with Crippen LogP contribution in [0.2, 0.25) is 0 Å². The van der Waals surface area contributed by atoms with E-state index in [2.05, 4.69) is 0 Å². The van der Waals surface area contributed by atoms with Crippen molar-refractivity contribution < 1.29 is 13.2 Å². The van der Waals surface area contributed by atoms with Crippen LogP contribution in [0.25, 0.3) is 0 Å². The second kappa shape index (κ2) is 5.65. The number of benzene rings is 1. The Hall–Kier alpha value is -1.03. The van der Waals surface area contributed by atoms with Crippen LogP contribution in [0, 0.1) is 0 Å². The Labute approximate surface area is 81.7 Å². The summed E-state index contributed by atoms with van der Waals surface area (Å²) in [5.74, 6) is 0. The summed E-state index contributed by atoms with van der Waals surface area (Å²) in [6.07, 6.45) is -4.36. The zero-order valence-corrected chi connectivity index (χ0v) is 8.18. The summed E-state index contributed by atoms with van der Waals surface area (Å²) in [6, 6.07) is 5.55. The van der Waals surface area contributed by atoms with Gasteiger partial charge in [-0.15, -0.1) is 0 Å². The third kappa shape index (κ3) is 3.79. The summed E-state index contributed by atoms with van der Waals surface area (Å²) < 4.78 is 36.0. The van der Waals surface area contributed by atoms with Crippen LogP contribution < -0.4 is 5.73 Å². The van der Waals surface area contributed by atoms with E-state index in [9.17, 15) is 13.2 Å². The molecule has 1 rings (SSSR count). The second-order valence-electron chi connectivity index (χ2n) is 2.43. The molecule has 0 aliphatic heterocycles. The zero-order valence-electron chi connectivity index (χ0n) is 8.18. The average molecular weight is 205 g/mol. The predicted octanol–water partition coefficient (Wildman–Crippen LogP) is 3.27. The zero-order chi connectivity index (χ0) is 11.2. The van der Waals surface area contributed by atoms with Gasteiger partial charge in [0.15, 0.2) is 0 Å².